The summed E-state index contributed by atoms with van der Waals surface area (Å²) in [6, 6.07) is 18.7. The van der Waals surface area contributed by atoms with E-state index in [9.17, 15) is 0 Å². The van der Waals surface area contributed by atoms with Gasteiger partial charge in [0, 0.05) is 17.7 Å². The monoisotopic (exact) mass is 301 g/mol. The molecule has 23 heavy (non-hydrogen) atoms. The van der Waals surface area contributed by atoms with E-state index in [1.165, 1.54) is 33.4 Å². The van der Waals surface area contributed by atoms with Crippen LogP contribution >= 0.6 is 0 Å². The van der Waals surface area contributed by atoms with Crippen molar-refractivity contribution < 1.29 is 0 Å². The SMILES string of the molecule is CC1=C(C)C(C)C(c2ccccc2/C=N\c2ccccc2)=C1C. The summed E-state index contributed by atoms with van der Waals surface area (Å²) in [5, 5.41) is 0. The Balaban J connectivity index is 2.02. The number of hydrogen-bond donors (Lipinski definition) is 0. The highest BCUT2D eigenvalue weighted by Crippen LogP contribution is 2.42. The van der Waals surface area contributed by atoms with Gasteiger partial charge >= 0.3 is 0 Å². The normalized spacial score (nSPS) is 18.3. The fourth-order valence-electron chi connectivity index (χ4n) is 3.31. The molecule has 0 saturated heterocycles. The number of allylic oxidation sites excluding steroid dienone is 4. The summed E-state index contributed by atoms with van der Waals surface area (Å²) in [5.74, 6) is 0.473. The average Bonchev–Trinajstić information content (AvgIpc) is 2.78. The summed E-state index contributed by atoms with van der Waals surface area (Å²) in [6.07, 6.45) is 1.99. The van der Waals surface area contributed by atoms with Crippen LogP contribution in [-0.2, 0) is 0 Å². The summed E-state index contributed by atoms with van der Waals surface area (Å²) in [7, 11) is 0. The van der Waals surface area contributed by atoms with Gasteiger partial charge in [-0.15, -0.1) is 0 Å². The summed E-state index contributed by atoms with van der Waals surface area (Å²) in [6.45, 7) is 9.02. The summed E-state index contributed by atoms with van der Waals surface area (Å²) >= 11 is 0. The Labute approximate surface area is 139 Å². The van der Waals surface area contributed by atoms with Gasteiger partial charge in [-0.2, -0.15) is 0 Å². The van der Waals surface area contributed by atoms with E-state index in [1.807, 2.05) is 36.5 Å². The third kappa shape index (κ3) is 2.92. The van der Waals surface area contributed by atoms with Gasteiger partial charge in [-0.3, -0.25) is 4.99 Å². The maximum atomic E-state index is 4.64. The maximum Gasteiger partial charge on any atom is 0.0629 e. The number of hydrogen-bond acceptors (Lipinski definition) is 1. The number of nitrogens with zero attached hydrogens (tertiary/aromatic N) is 1. The van der Waals surface area contributed by atoms with Crippen molar-refractivity contribution in [2.45, 2.75) is 27.7 Å². The van der Waals surface area contributed by atoms with Gasteiger partial charge in [0.15, 0.2) is 0 Å². The molecule has 3 rings (SSSR count). The van der Waals surface area contributed by atoms with Crippen molar-refractivity contribution in [2.75, 3.05) is 0 Å². The van der Waals surface area contributed by atoms with E-state index < -0.39 is 0 Å². The Kier molecular flexibility index (Phi) is 4.29. The summed E-state index contributed by atoms with van der Waals surface area (Å²) in [4.78, 5) is 4.64. The van der Waals surface area contributed by atoms with E-state index in [4.69, 9.17) is 0 Å². The Bertz CT molecular complexity index is 807. The molecule has 0 aliphatic heterocycles. The van der Waals surface area contributed by atoms with E-state index in [2.05, 4.69) is 57.0 Å². The van der Waals surface area contributed by atoms with Crippen molar-refractivity contribution in [2.24, 2.45) is 10.9 Å². The average molecular weight is 301 g/mol. The van der Waals surface area contributed by atoms with Crippen LogP contribution in [-0.4, -0.2) is 6.21 Å². The Morgan fingerprint density at radius 2 is 1.48 bits per heavy atom. The Hall–Kier alpha value is -2.41. The first kappa shape index (κ1) is 15.5. The molecule has 0 fully saturated rings. The highest BCUT2D eigenvalue weighted by Gasteiger charge is 2.25. The fourth-order valence-corrected chi connectivity index (χ4v) is 3.31. The first-order chi connectivity index (χ1) is 11.1. The van der Waals surface area contributed by atoms with E-state index in [-0.39, 0.29) is 0 Å². The van der Waals surface area contributed by atoms with Crippen LogP contribution < -0.4 is 0 Å². The van der Waals surface area contributed by atoms with Crippen molar-refractivity contribution in [1.82, 2.24) is 0 Å². The van der Waals surface area contributed by atoms with Gasteiger partial charge in [-0.05, 0) is 55.2 Å². The molecular formula is C22H23N. The van der Waals surface area contributed by atoms with Crippen LogP contribution in [0.4, 0.5) is 5.69 Å². The number of rotatable bonds is 3. The van der Waals surface area contributed by atoms with Crippen LogP contribution in [0.2, 0.25) is 0 Å². The van der Waals surface area contributed by atoms with Gasteiger partial charge in [0.25, 0.3) is 0 Å². The molecule has 0 saturated carbocycles. The van der Waals surface area contributed by atoms with Gasteiger partial charge in [0.05, 0.1) is 5.69 Å². The molecule has 0 radical (unpaired) electrons. The van der Waals surface area contributed by atoms with E-state index >= 15 is 0 Å². The van der Waals surface area contributed by atoms with Gasteiger partial charge in [0.1, 0.15) is 0 Å². The minimum Gasteiger partial charge on any atom is -0.256 e. The first-order valence-electron chi connectivity index (χ1n) is 8.16. The molecule has 0 N–H and O–H groups in total. The molecule has 1 nitrogen and oxygen atoms in total. The lowest BCUT2D eigenvalue weighted by Crippen LogP contribution is -2.00. The predicted molar refractivity (Wildman–Crippen MR) is 100 cm³/mol. The minimum absolute atomic E-state index is 0.473. The molecule has 2 aromatic carbocycles. The van der Waals surface area contributed by atoms with Crippen molar-refractivity contribution >= 4 is 17.5 Å². The molecule has 0 amide bonds. The van der Waals surface area contributed by atoms with Gasteiger partial charge in [-0.1, -0.05) is 55.0 Å². The smallest absolute Gasteiger partial charge is 0.0629 e. The Morgan fingerprint density at radius 3 is 2.13 bits per heavy atom. The van der Waals surface area contributed by atoms with Crippen LogP contribution in [0, 0.1) is 5.92 Å². The van der Waals surface area contributed by atoms with Crippen molar-refractivity contribution in [3.63, 3.8) is 0 Å². The lowest BCUT2D eigenvalue weighted by Gasteiger charge is -2.15. The predicted octanol–water partition coefficient (Wildman–Crippen LogP) is 6.20. The molecule has 0 heterocycles. The van der Waals surface area contributed by atoms with Crippen LogP contribution in [0.25, 0.3) is 5.57 Å². The summed E-state index contributed by atoms with van der Waals surface area (Å²) < 4.78 is 0. The van der Waals surface area contributed by atoms with Crippen molar-refractivity contribution in [1.29, 1.82) is 0 Å². The van der Waals surface area contributed by atoms with Crippen molar-refractivity contribution in [3.8, 4) is 0 Å². The zero-order chi connectivity index (χ0) is 16.4. The molecule has 116 valence electrons. The highest BCUT2D eigenvalue weighted by molar-refractivity contribution is 5.92. The zero-order valence-corrected chi connectivity index (χ0v) is 14.3. The largest absolute Gasteiger partial charge is 0.256 e. The van der Waals surface area contributed by atoms with Crippen LogP contribution in [0.3, 0.4) is 0 Å². The molecular weight excluding hydrogens is 278 g/mol. The van der Waals surface area contributed by atoms with Crippen LogP contribution in [0.1, 0.15) is 38.8 Å². The number of aliphatic imine (C=N–C) groups is 1. The topological polar surface area (TPSA) is 12.4 Å². The van der Waals surface area contributed by atoms with Crippen LogP contribution in [0.5, 0.6) is 0 Å². The minimum atomic E-state index is 0.473. The zero-order valence-electron chi connectivity index (χ0n) is 14.3. The molecule has 1 unspecified atom stereocenters. The molecule has 0 bridgehead atoms. The molecule has 0 aromatic heterocycles. The first-order valence-corrected chi connectivity index (χ1v) is 8.16. The second-order valence-electron chi connectivity index (χ2n) is 6.25. The van der Waals surface area contributed by atoms with Gasteiger partial charge in [-0.25, -0.2) is 0 Å². The quantitative estimate of drug-likeness (QED) is 0.599. The van der Waals surface area contributed by atoms with Crippen molar-refractivity contribution in [3.05, 3.63) is 82.4 Å². The summed E-state index contributed by atoms with van der Waals surface area (Å²) in [5.41, 5.74) is 9.23. The highest BCUT2D eigenvalue weighted by atomic mass is 14.7. The lowest BCUT2D eigenvalue weighted by atomic mass is 9.89. The van der Waals surface area contributed by atoms with Crippen LogP contribution in [0.15, 0.2) is 76.3 Å². The fraction of sp³-hybridized carbons (Fsp3) is 0.227. The molecule has 2 aromatic rings. The van der Waals surface area contributed by atoms with E-state index in [1.54, 1.807) is 0 Å². The maximum absolute atomic E-state index is 4.64. The van der Waals surface area contributed by atoms with E-state index in [0.29, 0.717) is 5.92 Å². The second-order valence-corrected chi connectivity index (χ2v) is 6.25. The third-order valence-corrected chi connectivity index (χ3v) is 5.00. The van der Waals surface area contributed by atoms with Gasteiger partial charge < -0.3 is 0 Å². The molecule has 1 heteroatoms. The molecule has 1 atom stereocenters. The third-order valence-electron chi connectivity index (χ3n) is 5.00. The number of para-hydroxylation sites is 1. The second kappa shape index (κ2) is 6.37. The van der Waals surface area contributed by atoms with E-state index in [0.717, 1.165) is 5.69 Å². The number of benzene rings is 2. The molecule has 0 spiro atoms. The molecule has 1 aliphatic rings. The Morgan fingerprint density at radius 1 is 0.826 bits per heavy atom. The lowest BCUT2D eigenvalue weighted by molar-refractivity contribution is 0.895. The standard InChI is InChI=1S/C22H23N/c1-15-16(2)18(4)22(17(15)3)21-13-9-8-10-19(21)14-23-20-11-6-5-7-12-20/h5-14,17H,1-4H3/b23-14-. The van der Waals surface area contributed by atoms with Gasteiger partial charge in [0.2, 0.25) is 0 Å². The molecule has 1 aliphatic carbocycles.